The summed E-state index contributed by atoms with van der Waals surface area (Å²) < 4.78 is 125. The molecule has 0 atom stereocenters. The Balaban J connectivity index is 2.80. The van der Waals surface area contributed by atoms with E-state index < -0.39 is 84.1 Å². The van der Waals surface area contributed by atoms with E-state index in [1.54, 1.807) is 0 Å². The van der Waals surface area contributed by atoms with Crippen LogP contribution in [0, 0.1) is 20.2 Å². The monoisotopic (exact) mass is 594 g/mol. The molecular formula is C16H8F6N4O10S2. The van der Waals surface area contributed by atoms with Gasteiger partial charge in [-0.05, 0) is 24.3 Å². The largest absolute Gasteiger partial charge is 0.517 e. The summed E-state index contributed by atoms with van der Waals surface area (Å²) in [7, 11) is -14.0. The number of sulfonamides is 2. The first-order valence-electron chi connectivity index (χ1n) is 8.95. The lowest BCUT2D eigenvalue weighted by molar-refractivity contribution is -0.385. The summed E-state index contributed by atoms with van der Waals surface area (Å²) in [5.74, 6) is -6.02. The third-order valence-electron chi connectivity index (χ3n) is 4.21. The van der Waals surface area contributed by atoms with E-state index in [-0.39, 0.29) is 24.3 Å². The second-order valence-corrected chi connectivity index (χ2v) is 10.1. The second kappa shape index (κ2) is 9.85. The first-order valence-corrected chi connectivity index (χ1v) is 11.8. The quantitative estimate of drug-likeness (QED) is 0.208. The van der Waals surface area contributed by atoms with Crippen LogP contribution in [-0.2, 0) is 29.6 Å². The molecule has 0 radical (unpaired) electrons. The molecule has 14 nitrogen and oxygen atoms in total. The molecule has 38 heavy (non-hydrogen) atoms. The number of rotatable bonds is 6. The lowest BCUT2D eigenvalue weighted by Gasteiger charge is -2.27. The normalized spacial score (nSPS) is 12.5. The number of halogens is 6. The first-order chi connectivity index (χ1) is 17.1. The maximum Gasteiger partial charge on any atom is 0.517 e. The van der Waals surface area contributed by atoms with Gasteiger partial charge in [0.25, 0.3) is 11.4 Å². The number of nitro groups is 2. The number of hydrogen-bond donors (Lipinski definition) is 0. The van der Waals surface area contributed by atoms with E-state index in [0.717, 1.165) is 0 Å². The van der Waals surface area contributed by atoms with E-state index >= 15 is 0 Å². The van der Waals surface area contributed by atoms with Crippen LogP contribution < -0.4 is 8.61 Å². The molecule has 0 heterocycles. The Hall–Kier alpha value is -4.34. The van der Waals surface area contributed by atoms with Crippen LogP contribution in [0.15, 0.2) is 48.5 Å². The highest BCUT2D eigenvalue weighted by molar-refractivity contribution is 7.95. The van der Waals surface area contributed by atoms with Crippen molar-refractivity contribution in [3.63, 3.8) is 0 Å². The summed E-state index contributed by atoms with van der Waals surface area (Å²) >= 11 is 0. The van der Waals surface area contributed by atoms with Crippen molar-refractivity contribution in [1.82, 2.24) is 0 Å². The summed E-state index contributed by atoms with van der Waals surface area (Å²) in [5.41, 5.74) is -17.4. The Labute approximate surface area is 206 Å². The Bertz CT molecular complexity index is 1390. The van der Waals surface area contributed by atoms with Crippen LogP contribution in [-0.4, -0.2) is 49.5 Å². The van der Waals surface area contributed by atoms with Crippen molar-refractivity contribution in [3.05, 3.63) is 68.8 Å². The van der Waals surface area contributed by atoms with Crippen molar-refractivity contribution in [2.75, 3.05) is 8.61 Å². The SMILES string of the molecule is O=C(C(=O)N(c1ccc([N+](=O)[O-])cc1)S(=O)(=O)C(F)(F)F)N(c1ccc([N+](=O)[O-])cc1)S(=O)(=O)C(F)(F)F. The topological polar surface area (TPSA) is 195 Å². The van der Waals surface area contributed by atoms with Gasteiger partial charge >= 0.3 is 42.9 Å². The summed E-state index contributed by atoms with van der Waals surface area (Å²) in [4.78, 5) is 44.7. The molecule has 0 bridgehead atoms. The van der Waals surface area contributed by atoms with Crippen molar-refractivity contribution < 1.29 is 62.6 Å². The molecule has 22 heteroatoms. The van der Waals surface area contributed by atoms with Gasteiger partial charge in [-0.3, -0.25) is 29.8 Å². The van der Waals surface area contributed by atoms with Crippen molar-refractivity contribution in [1.29, 1.82) is 0 Å². The van der Waals surface area contributed by atoms with Gasteiger partial charge in [-0.15, -0.1) is 0 Å². The average molecular weight is 594 g/mol. The number of nitrogens with zero attached hydrogens (tertiary/aromatic N) is 4. The highest BCUT2D eigenvalue weighted by Crippen LogP contribution is 2.35. The fraction of sp³-hybridized carbons (Fsp3) is 0.125. The number of nitro benzene ring substituents is 2. The number of non-ortho nitro benzene ring substituents is 2. The smallest absolute Gasteiger partial charge is 0.262 e. The molecule has 2 aromatic carbocycles. The fourth-order valence-corrected chi connectivity index (χ4v) is 4.34. The maximum atomic E-state index is 13.3. The molecule has 0 fully saturated rings. The maximum absolute atomic E-state index is 13.3. The zero-order chi connectivity index (χ0) is 29.4. The highest BCUT2D eigenvalue weighted by Gasteiger charge is 2.58. The number of amides is 2. The third kappa shape index (κ3) is 5.49. The van der Waals surface area contributed by atoms with Crippen molar-refractivity contribution in [2.24, 2.45) is 0 Å². The van der Waals surface area contributed by atoms with E-state index in [4.69, 9.17) is 0 Å². The van der Waals surface area contributed by atoms with Gasteiger partial charge < -0.3 is 0 Å². The van der Waals surface area contributed by atoms with Gasteiger partial charge in [-0.1, -0.05) is 0 Å². The van der Waals surface area contributed by atoms with Crippen molar-refractivity contribution >= 4 is 54.6 Å². The van der Waals surface area contributed by atoms with Crippen LogP contribution in [0.5, 0.6) is 0 Å². The van der Waals surface area contributed by atoms with Crippen molar-refractivity contribution in [3.8, 4) is 0 Å². The van der Waals surface area contributed by atoms with E-state index in [1.807, 2.05) is 0 Å². The predicted octanol–water partition coefficient (Wildman–Crippen LogP) is 2.57. The van der Waals surface area contributed by atoms with E-state index in [1.165, 1.54) is 0 Å². The lowest BCUT2D eigenvalue weighted by Crippen LogP contribution is -2.54. The number of alkyl halides is 6. The minimum absolute atomic E-state index is 0.209. The molecule has 0 saturated carbocycles. The van der Waals surface area contributed by atoms with Gasteiger partial charge in [0.15, 0.2) is 0 Å². The van der Waals surface area contributed by atoms with E-state index in [0.29, 0.717) is 24.3 Å². The number of carbonyl (C=O) groups is 2. The molecule has 206 valence electrons. The number of anilines is 2. The average Bonchev–Trinajstić information content (AvgIpc) is 2.78. The van der Waals surface area contributed by atoms with Crippen LogP contribution in [0.25, 0.3) is 0 Å². The van der Waals surface area contributed by atoms with E-state index in [2.05, 4.69) is 0 Å². The molecule has 2 amide bonds. The summed E-state index contributed by atoms with van der Waals surface area (Å²) in [6.45, 7) is 0. The zero-order valence-electron chi connectivity index (χ0n) is 17.6. The third-order valence-corrected chi connectivity index (χ3v) is 7.09. The van der Waals surface area contributed by atoms with Crippen LogP contribution in [0.2, 0.25) is 0 Å². The molecule has 0 spiro atoms. The molecule has 0 aliphatic carbocycles. The lowest BCUT2D eigenvalue weighted by atomic mass is 10.2. The first kappa shape index (κ1) is 29.9. The number of benzene rings is 2. The van der Waals surface area contributed by atoms with Gasteiger partial charge in [-0.2, -0.15) is 51.8 Å². The Kier molecular flexibility index (Phi) is 7.74. The van der Waals surface area contributed by atoms with Crippen LogP contribution >= 0.6 is 0 Å². The number of carbonyl (C=O) groups excluding carboxylic acids is 2. The van der Waals surface area contributed by atoms with Gasteiger partial charge in [0.1, 0.15) is 0 Å². The highest BCUT2D eigenvalue weighted by atomic mass is 32.2. The summed E-state index contributed by atoms with van der Waals surface area (Å²) in [5, 5.41) is 21.5. The Morgan fingerprint density at radius 1 is 0.605 bits per heavy atom. The molecule has 0 N–H and O–H groups in total. The minimum atomic E-state index is -6.98. The molecule has 0 unspecified atom stereocenters. The van der Waals surface area contributed by atoms with Crippen LogP contribution in [0.3, 0.4) is 0 Å². The standard InChI is InChI=1S/C16H8F6N4O10S2/c17-15(18,19)37(33,34)23(9-1-5-11(6-2-9)25(29)30)13(27)14(28)24(38(35,36)16(20,21)22)10-3-7-12(8-4-10)26(31)32/h1-8H. The van der Waals surface area contributed by atoms with Crippen LogP contribution in [0.4, 0.5) is 49.1 Å². The van der Waals surface area contributed by atoms with Gasteiger partial charge in [0, 0.05) is 24.3 Å². The Morgan fingerprint density at radius 2 is 0.842 bits per heavy atom. The molecule has 2 rings (SSSR count). The van der Waals surface area contributed by atoms with Crippen molar-refractivity contribution in [2.45, 2.75) is 11.0 Å². The molecule has 0 aliphatic rings. The van der Waals surface area contributed by atoms with Crippen LogP contribution in [0.1, 0.15) is 0 Å². The van der Waals surface area contributed by atoms with Gasteiger partial charge in [0.05, 0.1) is 21.2 Å². The van der Waals surface area contributed by atoms with Gasteiger partial charge in [-0.25, -0.2) is 0 Å². The summed E-state index contributed by atoms with van der Waals surface area (Å²) in [6.07, 6.45) is 0. The molecule has 0 aromatic heterocycles. The molecule has 0 saturated heterocycles. The molecule has 0 aliphatic heterocycles. The molecular weight excluding hydrogens is 586 g/mol. The minimum Gasteiger partial charge on any atom is -0.262 e. The Morgan fingerprint density at radius 3 is 1.03 bits per heavy atom. The van der Waals surface area contributed by atoms with E-state index in [9.17, 15) is 73.0 Å². The zero-order valence-corrected chi connectivity index (χ0v) is 19.2. The molecule has 2 aromatic rings. The number of hydrogen-bond acceptors (Lipinski definition) is 10. The summed E-state index contributed by atoms with van der Waals surface area (Å²) in [6, 6.07) is 2.31. The van der Waals surface area contributed by atoms with Gasteiger partial charge in [0.2, 0.25) is 0 Å². The predicted molar refractivity (Wildman–Crippen MR) is 111 cm³/mol. The second-order valence-electron chi connectivity index (χ2n) is 6.59. The fourth-order valence-electron chi connectivity index (χ4n) is 2.53.